The molecule has 0 unspecified atom stereocenters. The molecule has 9 heteroatoms. The molecule has 0 atom stereocenters. The third kappa shape index (κ3) is 5.57. The van der Waals surface area contributed by atoms with Crippen molar-refractivity contribution in [3.63, 3.8) is 0 Å². The number of aromatic nitrogens is 1. The molecule has 8 nitrogen and oxygen atoms in total. The summed E-state index contributed by atoms with van der Waals surface area (Å²) in [6, 6.07) is 16.0. The van der Waals surface area contributed by atoms with E-state index in [0.29, 0.717) is 34.3 Å². The fourth-order valence-electron chi connectivity index (χ4n) is 3.77. The van der Waals surface area contributed by atoms with Gasteiger partial charge in [0.1, 0.15) is 17.2 Å². The van der Waals surface area contributed by atoms with Crippen LogP contribution in [0.4, 0.5) is 5.69 Å². The maximum Gasteiger partial charge on any atom is 0.257 e. The molecular weight excluding hydrogens is 490 g/mol. The Bertz CT molecular complexity index is 1470. The summed E-state index contributed by atoms with van der Waals surface area (Å²) < 4.78 is 22.3. The van der Waals surface area contributed by atoms with Crippen molar-refractivity contribution in [1.29, 1.82) is 0 Å². The molecular formula is C28H27N3O5S. The van der Waals surface area contributed by atoms with Crippen molar-refractivity contribution in [3.05, 3.63) is 77.5 Å². The molecule has 1 amide bonds. The Morgan fingerprint density at radius 1 is 0.811 bits per heavy atom. The molecule has 4 rings (SSSR count). The van der Waals surface area contributed by atoms with Gasteiger partial charge in [-0.2, -0.15) is 0 Å². The van der Waals surface area contributed by atoms with E-state index in [4.69, 9.17) is 31.2 Å². The second kappa shape index (κ2) is 11.1. The zero-order valence-corrected chi connectivity index (χ0v) is 22.0. The van der Waals surface area contributed by atoms with Crippen molar-refractivity contribution in [1.82, 2.24) is 10.3 Å². The average molecular weight is 518 g/mol. The Morgan fingerprint density at radius 2 is 1.51 bits per heavy atom. The van der Waals surface area contributed by atoms with Crippen molar-refractivity contribution in [2.75, 3.05) is 26.6 Å². The number of methoxy groups -OCH3 is 3. The van der Waals surface area contributed by atoms with Crippen LogP contribution in [-0.2, 0) is 0 Å². The van der Waals surface area contributed by atoms with Gasteiger partial charge in [-0.05, 0) is 85.7 Å². The summed E-state index contributed by atoms with van der Waals surface area (Å²) >= 11 is 5.37. The number of ether oxygens (including phenoxy) is 4. The molecule has 1 aromatic heterocycles. The first kappa shape index (κ1) is 25.7. The number of hydrogen-bond acceptors (Lipinski definition) is 7. The van der Waals surface area contributed by atoms with Gasteiger partial charge < -0.3 is 24.3 Å². The Hall–Kier alpha value is -4.37. The number of thiocarbonyl (C=S) groups is 1. The average Bonchev–Trinajstić information content (AvgIpc) is 2.92. The Balaban J connectivity index is 1.51. The summed E-state index contributed by atoms with van der Waals surface area (Å²) in [7, 11) is 4.74. The van der Waals surface area contributed by atoms with Crippen LogP contribution in [-0.4, -0.2) is 37.3 Å². The predicted octanol–water partition coefficient (Wildman–Crippen LogP) is 5.80. The molecule has 0 aliphatic heterocycles. The Labute approximate surface area is 220 Å². The van der Waals surface area contributed by atoms with Gasteiger partial charge in [-0.3, -0.25) is 15.1 Å². The molecule has 2 N–H and O–H groups in total. The van der Waals surface area contributed by atoms with Gasteiger partial charge in [0.05, 0.1) is 26.8 Å². The first-order chi connectivity index (χ1) is 17.8. The fourth-order valence-corrected chi connectivity index (χ4v) is 3.97. The molecule has 37 heavy (non-hydrogen) atoms. The minimum atomic E-state index is -0.314. The first-order valence-electron chi connectivity index (χ1n) is 11.4. The van der Waals surface area contributed by atoms with Gasteiger partial charge in [0.15, 0.2) is 16.6 Å². The quantitative estimate of drug-likeness (QED) is 0.298. The van der Waals surface area contributed by atoms with E-state index in [1.54, 1.807) is 57.9 Å². The van der Waals surface area contributed by atoms with Crippen LogP contribution in [0.15, 0.2) is 60.8 Å². The molecule has 4 aromatic rings. The van der Waals surface area contributed by atoms with Crippen LogP contribution < -0.4 is 29.6 Å². The highest BCUT2D eigenvalue weighted by atomic mass is 32.1. The number of rotatable bonds is 7. The molecule has 0 radical (unpaired) electrons. The molecule has 0 spiro atoms. The van der Waals surface area contributed by atoms with E-state index in [0.717, 1.165) is 27.7 Å². The lowest BCUT2D eigenvalue weighted by Gasteiger charge is -2.17. The number of amides is 1. The summed E-state index contributed by atoms with van der Waals surface area (Å²) in [5.41, 5.74) is 3.80. The smallest absolute Gasteiger partial charge is 0.257 e. The van der Waals surface area contributed by atoms with Crippen LogP contribution in [0.25, 0.3) is 10.9 Å². The second-order valence-corrected chi connectivity index (χ2v) is 8.54. The number of fused-ring (bicyclic) bond motifs is 1. The van der Waals surface area contributed by atoms with E-state index < -0.39 is 0 Å². The van der Waals surface area contributed by atoms with Crippen LogP contribution in [0.2, 0.25) is 0 Å². The molecule has 0 fully saturated rings. The second-order valence-electron chi connectivity index (χ2n) is 8.13. The standard InChI is InChI=1S/C28H27N3O5S/c1-16-17(2)23(36-24-12-13-29-22-15-26(35-5)25(34-4)14-20(22)24)11-10-21(16)30-28(37)31-27(32)18-6-8-19(33-3)9-7-18/h6-15H,1-5H3,(H2,30,31,32,37). The molecule has 190 valence electrons. The monoisotopic (exact) mass is 517 g/mol. The maximum atomic E-state index is 12.5. The van der Waals surface area contributed by atoms with Gasteiger partial charge in [-0.1, -0.05) is 0 Å². The van der Waals surface area contributed by atoms with Crippen LogP contribution in [0.3, 0.4) is 0 Å². The van der Waals surface area contributed by atoms with Crippen LogP contribution in [0, 0.1) is 13.8 Å². The van der Waals surface area contributed by atoms with Crippen molar-refractivity contribution >= 4 is 39.8 Å². The van der Waals surface area contributed by atoms with E-state index in [1.807, 2.05) is 38.1 Å². The molecule has 0 saturated heterocycles. The first-order valence-corrected chi connectivity index (χ1v) is 11.8. The van der Waals surface area contributed by atoms with E-state index in [-0.39, 0.29) is 11.0 Å². The van der Waals surface area contributed by atoms with Gasteiger partial charge in [0.2, 0.25) is 0 Å². The van der Waals surface area contributed by atoms with E-state index in [2.05, 4.69) is 15.6 Å². The normalized spacial score (nSPS) is 10.5. The van der Waals surface area contributed by atoms with Crippen molar-refractivity contribution in [3.8, 4) is 28.7 Å². The fraction of sp³-hybridized carbons (Fsp3) is 0.179. The summed E-state index contributed by atoms with van der Waals surface area (Å²) in [5, 5.41) is 6.79. The highest BCUT2D eigenvalue weighted by Crippen LogP contribution is 2.38. The lowest BCUT2D eigenvalue weighted by Crippen LogP contribution is -2.34. The Morgan fingerprint density at radius 3 is 2.19 bits per heavy atom. The minimum Gasteiger partial charge on any atom is -0.497 e. The molecule has 3 aromatic carbocycles. The zero-order chi connectivity index (χ0) is 26.5. The van der Waals surface area contributed by atoms with Crippen molar-refractivity contribution < 1.29 is 23.7 Å². The third-order valence-electron chi connectivity index (χ3n) is 5.99. The lowest BCUT2D eigenvalue weighted by molar-refractivity contribution is 0.0977. The van der Waals surface area contributed by atoms with E-state index >= 15 is 0 Å². The van der Waals surface area contributed by atoms with Gasteiger partial charge in [0.25, 0.3) is 5.91 Å². The third-order valence-corrected chi connectivity index (χ3v) is 6.20. The van der Waals surface area contributed by atoms with Crippen molar-refractivity contribution in [2.24, 2.45) is 0 Å². The van der Waals surface area contributed by atoms with Crippen LogP contribution >= 0.6 is 12.2 Å². The Kier molecular flexibility index (Phi) is 7.74. The number of nitrogens with zero attached hydrogens (tertiary/aromatic N) is 1. The molecule has 0 saturated carbocycles. The number of carbonyl (C=O) groups is 1. The number of anilines is 1. The number of hydrogen-bond donors (Lipinski definition) is 2. The molecule has 0 aliphatic carbocycles. The molecule has 0 aliphatic rings. The number of carbonyl (C=O) groups excluding carboxylic acids is 1. The maximum absolute atomic E-state index is 12.5. The molecule has 0 bridgehead atoms. The minimum absolute atomic E-state index is 0.193. The number of benzene rings is 3. The summed E-state index contributed by atoms with van der Waals surface area (Å²) in [4.78, 5) is 17.0. The van der Waals surface area contributed by atoms with Crippen LogP contribution in [0.1, 0.15) is 21.5 Å². The largest absolute Gasteiger partial charge is 0.497 e. The van der Waals surface area contributed by atoms with Crippen LogP contribution in [0.5, 0.6) is 28.7 Å². The highest BCUT2D eigenvalue weighted by molar-refractivity contribution is 7.80. The van der Waals surface area contributed by atoms with E-state index in [9.17, 15) is 4.79 Å². The SMILES string of the molecule is COc1ccc(C(=O)NC(=S)Nc2ccc(Oc3ccnc4cc(OC)c(OC)cc34)c(C)c2C)cc1. The van der Waals surface area contributed by atoms with Gasteiger partial charge in [0, 0.05) is 28.9 Å². The summed E-state index contributed by atoms with van der Waals surface area (Å²) in [6.45, 7) is 3.92. The highest BCUT2D eigenvalue weighted by Gasteiger charge is 2.15. The number of pyridine rings is 1. The van der Waals surface area contributed by atoms with Gasteiger partial charge >= 0.3 is 0 Å². The lowest BCUT2D eigenvalue weighted by atomic mass is 10.1. The topological polar surface area (TPSA) is 90.9 Å². The van der Waals surface area contributed by atoms with Gasteiger partial charge in [-0.15, -0.1) is 0 Å². The van der Waals surface area contributed by atoms with Crippen molar-refractivity contribution in [2.45, 2.75) is 13.8 Å². The summed E-state index contributed by atoms with van der Waals surface area (Å²) in [5.74, 6) is 2.85. The summed E-state index contributed by atoms with van der Waals surface area (Å²) in [6.07, 6.45) is 1.69. The van der Waals surface area contributed by atoms with E-state index in [1.165, 1.54) is 0 Å². The number of nitrogens with one attached hydrogen (secondary N) is 2. The van der Waals surface area contributed by atoms with Gasteiger partial charge in [-0.25, -0.2) is 0 Å². The zero-order valence-electron chi connectivity index (χ0n) is 21.2. The predicted molar refractivity (Wildman–Crippen MR) is 148 cm³/mol. The molecule has 1 heterocycles.